The predicted molar refractivity (Wildman–Crippen MR) is 141 cm³/mol. The third-order valence-corrected chi connectivity index (χ3v) is 7.69. The fraction of sp³-hybridized carbons (Fsp3) is 0.500. The smallest absolute Gasteiger partial charge is 0.459 e. The Morgan fingerprint density at radius 2 is 1.98 bits per heavy atom. The van der Waals surface area contributed by atoms with Gasteiger partial charge in [0.15, 0.2) is 17.4 Å². The number of nitrogens with two attached hydrogens (primary N) is 1. The summed E-state index contributed by atoms with van der Waals surface area (Å²) in [7, 11) is -2.85. The number of aliphatic hydroxyl groups is 2. The van der Waals surface area contributed by atoms with Crippen molar-refractivity contribution < 1.29 is 42.8 Å². The monoisotopic (exact) mass is 580 g/mol. The number of fused-ring (bicyclic) bond motifs is 1. The minimum Gasteiger partial charge on any atom is -0.479 e. The summed E-state index contributed by atoms with van der Waals surface area (Å²) >= 11 is 0. The standard InChI is InChI=1S/C24H33N6O9P/c1-13(2)37-21(32)14(3)29-40(34,39-15-9-7-6-8-10-15)36-11-16-18(31)24(4,33)22(38-16)30-12-26-17-19(30)27-23(25)28-20(17)35-5/h6-10,12-14,16,18,22,31,33H,11H2,1-5H3,(H,29,34)(H2,25,27,28)/t14-,16+,18+,22+,24+,40+/m0/s1. The largest absolute Gasteiger partial charge is 0.479 e. The third-order valence-electron chi connectivity index (χ3n) is 6.04. The second-order valence-corrected chi connectivity index (χ2v) is 11.3. The molecular formula is C24H33N6O9P. The van der Waals surface area contributed by atoms with Crippen molar-refractivity contribution in [1.29, 1.82) is 0 Å². The van der Waals surface area contributed by atoms with Gasteiger partial charge in [0, 0.05) is 0 Å². The number of nitrogens with zero attached hydrogens (tertiary/aromatic N) is 4. The number of rotatable bonds is 11. The summed E-state index contributed by atoms with van der Waals surface area (Å²) in [4.78, 5) is 24.8. The van der Waals surface area contributed by atoms with Crippen LogP contribution in [0.3, 0.4) is 0 Å². The molecule has 6 atom stereocenters. The van der Waals surface area contributed by atoms with Crippen LogP contribution < -0.4 is 20.1 Å². The van der Waals surface area contributed by atoms with Crippen LogP contribution >= 0.6 is 7.75 Å². The van der Waals surface area contributed by atoms with Crippen molar-refractivity contribution in [1.82, 2.24) is 24.6 Å². The Labute approximate surface area is 230 Å². The molecule has 0 aliphatic carbocycles. The van der Waals surface area contributed by atoms with Crippen LogP contribution in [0.1, 0.15) is 33.9 Å². The maximum absolute atomic E-state index is 13.8. The summed E-state index contributed by atoms with van der Waals surface area (Å²) in [5.74, 6) is -0.440. The Balaban J connectivity index is 1.56. The average Bonchev–Trinajstić information content (AvgIpc) is 3.40. The van der Waals surface area contributed by atoms with Gasteiger partial charge in [-0.15, -0.1) is 0 Å². The number of carbonyl (C=O) groups is 1. The fourth-order valence-corrected chi connectivity index (χ4v) is 5.61. The summed E-state index contributed by atoms with van der Waals surface area (Å²) in [5, 5.41) is 24.8. The highest BCUT2D eigenvalue weighted by molar-refractivity contribution is 7.52. The number of nitrogen functional groups attached to an aromatic ring is 1. The van der Waals surface area contributed by atoms with Crippen molar-refractivity contribution in [3.63, 3.8) is 0 Å². The van der Waals surface area contributed by atoms with E-state index in [1.54, 1.807) is 44.2 Å². The fourth-order valence-electron chi connectivity index (χ4n) is 4.10. The van der Waals surface area contributed by atoms with Gasteiger partial charge in [-0.05, 0) is 39.8 Å². The summed E-state index contributed by atoms with van der Waals surface area (Å²) in [6, 6.07) is 7.13. The molecule has 1 aromatic carbocycles. The van der Waals surface area contributed by atoms with E-state index in [0.29, 0.717) is 0 Å². The Hall–Kier alpha value is -3.33. The quantitative estimate of drug-likeness (QED) is 0.188. The SMILES string of the molecule is COc1nc(N)nc2c1ncn2[C@@H]1O[C@H](CO[P@](=O)(N[C@@H](C)C(=O)OC(C)C)Oc2ccccc2)[C@@H](O)[C@@]1(C)O. The van der Waals surface area contributed by atoms with E-state index in [0.717, 1.165) is 0 Å². The molecule has 0 unspecified atom stereocenters. The number of aliphatic hydroxyl groups excluding tert-OH is 1. The average molecular weight is 581 g/mol. The number of hydrogen-bond donors (Lipinski definition) is 4. The summed E-state index contributed by atoms with van der Waals surface area (Å²) in [6.07, 6.45) is -2.96. The number of esters is 1. The Morgan fingerprint density at radius 3 is 2.62 bits per heavy atom. The van der Waals surface area contributed by atoms with E-state index in [1.807, 2.05) is 0 Å². The minimum atomic E-state index is -4.25. The first-order valence-electron chi connectivity index (χ1n) is 12.4. The van der Waals surface area contributed by atoms with Crippen molar-refractivity contribution in [2.24, 2.45) is 0 Å². The van der Waals surface area contributed by atoms with E-state index in [1.165, 1.54) is 31.9 Å². The molecule has 1 aliphatic rings. The van der Waals surface area contributed by atoms with Crippen LogP contribution in [0, 0.1) is 0 Å². The zero-order valence-corrected chi connectivity index (χ0v) is 23.5. The molecule has 3 aromatic rings. The molecule has 5 N–H and O–H groups in total. The summed E-state index contributed by atoms with van der Waals surface area (Å²) in [5.41, 5.74) is 4.38. The van der Waals surface area contributed by atoms with E-state index >= 15 is 0 Å². The molecule has 1 aliphatic heterocycles. The molecule has 2 aromatic heterocycles. The molecule has 3 heterocycles. The number of benzene rings is 1. The van der Waals surface area contributed by atoms with Crippen LogP contribution in [0.25, 0.3) is 11.2 Å². The first-order valence-corrected chi connectivity index (χ1v) is 14.0. The molecule has 0 amide bonds. The van der Waals surface area contributed by atoms with Crippen molar-refractivity contribution in [2.45, 2.75) is 63.9 Å². The number of methoxy groups -OCH3 is 1. The number of aromatic nitrogens is 4. The summed E-state index contributed by atoms with van der Waals surface area (Å²) < 4.78 is 42.8. The van der Waals surface area contributed by atoms with Gasteiger partial charge in [0.05, 0.1) is 26.1 Å². The lowest BCUT2D eigenvalue weighted by atomic mass is 9.96. The van der Waals surface area contributed by atoms with Crippen LogP contribution in [-0.4, -0.2) is 79.4 Å². The number of ether oxygens (including phenoxy) is 3. The molecule has 0 saturated carbocycles. The van der Waals surface area contributed by atoms with Gasteiger partial charge in [0.2, 0.25) is 11.8 Å². The molecule has 0 spiro atoms. The Bertz CT molecular complexity index is 1390. The highest BCUT2D eigenvalue weighted by Crippen LogP contribution is 2.47. The van der Waals surface area contributed by atoms with Gasteiger partial charge >= 0.3 is 13.7 Å². The molecule has 40 heavy (non-hydrogen) atoms. The van der Waals surface area contributed by atoms with E-state index < -0.39 is 56.5 Å². The third kappa shape index (κ3) is 6.19. The first-order chi connectivity index (χ1) is 18.8. The van der Waals surface area contributed by atoms with Gasteiger partial charge < -0.3 is 34.7 Å². The highest BCUT2D eigenvalue weighted by Gasteiger charge is 2.54. The van der Waals surface area contributed by atoms with Crippen molar-refractivity contribution in [3.05, 3.63) is 36.7 Å². The molecular weight excluding hydrogens is 547 g/mol. The Morgan fingerprint density at radius 1 is 1.27 bits per heavy atom. The lowest BCUT2D eigenvalue weighted by Gasteiger charge is -2.27. The molecule has 0 radical (unpaired) electrons. The van der Waals surface area contributed by atoms with Gasteiger partial charge in [-0.2, -0.15) is 15.1 Å². The number of hydrogen-bond acceptors (Lipinski definition) is 13. The maximum Gasteiger partial charge on any atom is 0.459 e. The molecule has 0 bridgehead atoms. The van der Waals surface area contributed by atoms with Gasteiger partial charge in [-0.1, -0.05) is 18.2 Å². The van der Waals surface area contributed by atoms with E-state index in [9.17, 15) is 19.6 Å². The van der Waals surface area contributed by atoms with Crippen molar-refractivity contribution >= 4 is 30.8 Å². The molecule has 15 nitrogen and oxygen atoms in total. The topological polar surface area (TPSA) is 202 Å². The zero-order chi connectivity index (χ0) is 29.2. The second-order valence-electron chi connectivity index (χ2n) is 9.65. The van der Waals surface area contributed by atoms with Crippen molar-refractivity contribution in [3.8, 4) is 11.6 Å². The van der Waals surface area contributed by atoms with Crippen LogP contribution in [0.2, 0.25) is 0 Å². The normalized spacial score (nSPS) is 25.1. The Kier molecular flexibility index (Phi) is 8.63. The van der Waals surface area contributed by atoms with Crippen LogP contribution in [0.15, 0.2) is 36.7 Å². The summed E-state index contributed by atoms with van der Waals surface area (Å²) in [6.45, 7) is 5.68. The van der Waals surface area contributed by atoms with E-state index in [-0.39, 0.29) is 28.7 Å². The number of anilines is 1. The van der Waals surface area contributed by atoms with Crippen LogP contribution in [0.4, 0.5) is 5.95 Å². The molecule has 16 heteroatoms. The van der Waals surface area contributed by atoms with Gasteiger partial charge in [0.1, 0.15) is 29.6 Å². The second kappa shape index (κ2) is 11.6. The minimum absolute atomic E-state index is 0.0978. The lowest BCUT2D eigenvalue weighted by molar-refractivity contribution is -0.149. The molecule has 1 saturated heterocycles. The zero-order valence-electron chi connectivity index (χ0n) is 22.6. The van der Waals surface area contributed by atoms with E-state index in [2.05, 4.69) is 20.0 Å². The number of carbonyl (C=O) groups excluding carboxylic acids is 1. The van der Waals surface area contributed by atoms with Crippen molar-refractivity contribution in [2.75, 3.05) is 19.5 Å². The molecule has 218 valence electrons. The van der Waals surface area contributed by atoms with Crippen LogP contribution in [0.5, 0.6) is 11.6 Å². The number of imidazole rings is 1. The lowest BCUT2D eigenvalue weighted by Crippen LogP contribution is -2.44. The molecule has 4 rings (SSSR count). The van der Waals surface area contributed by atoms with Crippen LogP contribution in [-0.2, 0) is 23.4 Å². The van der Waals surface area contributed by atoms with Gasteiger partial charge in [0.25, 0.3) is 0 Å². The molecule has 1 fully saturated rings. The first kappa shape index (κ1) is 29.6. The highest BCUT2D eigenvalue weighted by atomic mass is 31.2. The predicted octanol–water partition coefficient (Wildman–Crippen LogP) is 1.56. The maximum atomic E-state index is 13.8. The number of nitrogens with one attached hydrogen (secondary N) is 1. The van der Waals surface area contributed by atoms with Gasteiger partial charge in [-0.25, -0.2) is 9.55 Å². The van der Waals surface area contributed by atoms with Gasteiger partial charge in [-0.3, -0.25) is 13.9 Å². The van der Waals surface area contributed by atoms with E-state index in [4.69, 9.17) is 29.0 Å². The number of para-hydroxylation sites is 1.